The van der Waals surface area contributed by atoms with Gasteiger partial charge in [-0.15, -0.1) is 0 Å². The van der Waals surface area contributed by atoms with E-state index in [2.05, 4.69) is 43.4 Å². The van der Waals surface area contributed by atoms with Gasteiger partial charge in [0.2, 0.25) is 0 Å². The minimum Gasteiger partial charge on any atom is -0.459 e. The molecule has 170 valence electrons. The predicted molar refractivity (Wildman–Crippen MR) is 131 cm³/mol. The Labute approximate surface area is 200 Å². The minimum absolute atomic E-state index is 0.0565. The van der Waals surface area contributed by atoms with E-state index >= 15 is 0 Å². The van der Waals surface area contributed by atoms with Crippen LogP contribution in [0.1, 0.15) is 88.9 Å². The van der Waals surface area contributed by atoms with Crippen molar-refractivity contribution in [2.45, 2.75) is 90.3 Å². The highest BCUT2D eigenvalue weighted by molar-refractivity contribution is 14.1. The van der Waals surface area contributed by atoms with Gasteiger partial charge >= 0.3 is 5.97 Å². The summed E-state index contributed by atoms with van der Waals surface area (Å²) >= 11 is 2.24. The highest BCUT2D eigenvalue weighted by atomic mass is 127. The minimum atomic E-state index is -0.499. The van der Waals surface area contributed by atoms with Gasteiger partial charge in [-0.3, -0.25) is 0 Å². The van der Waals surface area contributed by atoms with Crippen molar-refractivity contribution in [2.24, 2.45) is 34.5 Å². The predicted octanol–water partition coefficient (Wildman–Crippen LogP) is 6.61. The van der Waals surface area contributed by atoms with E-state index in [1.54, 1.807) is 0 Å². The van der Waals surface area contributed by atoms with E-state index in [9.17, 15) is 9.90 Å². The Morgan fingerprint density at radius 2 is 1.81 bits per heavy atom. The molecule has 4 aliphatic rings. The molecule has 0 aromatic heterocycles. The van der Waals surface area contributed by atoms with Gasteiger partial charge in [0, 0.05) is 3.57 Å². The van der Waals surface area contributed by atoms with E-state index in [0.29, 0.717) is 22.8 Å². The summed E-state index contributed by atoms with van der Waals surface area (Å²) in [6.07, 6.45) is 10.4. The number of rotatable bonds is 2. The van der Waals surface area contributed by atoms with Crippen LogP contribution >= 0.6 is 22.6 Å². The van der Waals surface area contributed by atoms with Crippen molar-refractivity contribution >= 4 is 28.6 Å². The maximum absolute atomic E-state index is 12.7. The summed E-state index contributed by atoms with van der Waals surface area (Å²) < 4.78 is 7.07. The summed E-state index contributed by atoms with van der Waals surface area (Å²) in [6, 6.07) is 7.70. The average molecular weight is 536 g/mol. The van der Waals surface area contributed by atoms with Crippen LogP contribution in [0.15, 0.2) is 24.3 Å². The van der Waals surface area contributed by atoms with Crippen molar-refractivity contribution in [3.8, 4) is 0 Å². The van der Waals surface area contributed by atoms with E-state index in [1.165, 1.54) is 38.5 Å². The molecule has 0 radical (unpaired) electrons. The van der Waals surface area contributed by atoms with Gasteiger partial charge < -0.3 is 9.84 Å². The summed E-state index contributed by atoms with van der Waals surface area (Å²) in [7, 11) is 0. The fourth-order valence-corrected chi connectivity index (χ4v) is 8.95. The standard InChI is InChI=1S/C27H37IO3/c1-25-12-9-20(31-24(29)17-5-4-6-19(28)15-17)16-18(25)7-8-21-22(25)10-13-26(2)23(21)11-14-27(26,3)30/h4-6,15,18,20-23,30H,7-14,16H2,1-3H3/t18-,20+,21+,22+,23+,25-,26+,27-/m0/s1. The maximum atomic E-state index is 12.7. The summed E-state index contributed by atoms with van der Waals surface area (Å²) in [5.74, 6) is 2.70. The molecule has 1 N–H and O–H groups in total. The van der Waals surface area contributed by atoms with E-state index in [-0.39, 0.29) is 17.5 Å². The Kier molecular flexibility index (Phi) is 5.52. The van der Waals surface area contributed by atoms with Crippen LogP contribution in [0.3, 0.4) is 0 Å². The number of halogens is 1. The summed E-state index contributed by atoms with van der Waals surface area (Å²) in [5.41, 5.74) is 0.631. The topological polar surface area (TPSA) is 46.5 Å². The Bertz CT molecular complexity index is 866. The summed E-state index contributed by atoms with van der Waals surface area (Å²) in [6.45, 7) is 7.01. The molecule has 1 aromatic rings. The molecule has 0 heterocycles. The van der Waals surface area contributed by atoms with E-state index in [1.807, 2.05) is 24.3 Å². The molecule has 4 saturated carbocycles. The highest BCUT2D eigenvalue weighted by Crippen LogP contribution is 2.68. The fraction of sp³-hybridized carbons (Fsp3) is 0.741. The Hall–Kier alpha value is -0.620. The zero-order valence-electron chi connectivity index (χ0n) is 19.2. The molecule has 0 unspecified atom stereocenters. The fourth-order valence-electron chi connectivity index (χ4n) is 8.40. The van der Waals surface area contributed by atoms with Crippen LogP contribution in [0, 0.1) is 38.1 Å². The molecule has 0 amide bonds. The Morgan fingerprint density at radius 1 is 1.03 bits per heavy atom. The van der Waals surface area contributed by atoms with Gasteiger partial charge in [0.05, 0.1) is 11.2 Å². The van der Waals surface area contributed by atoms with Crippen molar-refractivity contribution in [2.75, 3.05) is 0 Å². The molecule has 0 bridgehead atoms. The monoisotopic (exact) mass is 536 g/mol. The molecule has 5 rings (SSSR count). The van der Waals surface area contributed by atoms with E-state index in [0.717, 1.165) is 34.7 Å². The normalized spacial score (nSPS) is 46.5. The van der Waals surface area contributed by atoms with Crippen molar-refractivity contribution in [3.63, 3.8) is 0 Å². The van der Waals surface area contributed by atoms with Crippen molar-refractivity contribution in [1.82, 2.24) is 0 Å². The molecular weight excluding hydrogens is 499 g/mol. The second-order valence-electron chi connectivity index (χ2n) is 11.7. The molecule has 3 nitrogen and oxygen atoms in total. The van der Waals surface area contributed by atoms with Gasteiger partial charge in [-0.25, -0.2) is 4.79 Å². The summed E-state index contributed by atoms with van der Waals surface area (Å²) in [5, 5.41) is 11.1. The second kappa shape index (κ2) is 7.72. The quantitative estimate of drug-likeness (QED) is 0.342. The smallest absolute Gasteiger partial charge is 0.338 e. The molecule has 0 saturated heterocycles. The lowest BCUT2D eigenvalue weighted by Crippen LogP contribution is -2.56. The van der Waals surface area contributed by atoms with Crippen LogP contribution in [0.2, 0.25) is 0 Å². The number of hydrogen-bond donors (Lipinski definition) is 1. The SMILES string of the molecule is C[C@]12CC[C@@H](OC(=O)c3cccc(I)c3)C[C@@H]1CC[C@@H]1[C@H]2CC[C@]2(C)[C@@H]1CC[C@]2(C)O. The lowest BCUT2D eigenvalue weighted by molar-refractivity contribution is -0.153. The number of esters is 1. The van der Waals surface area contributed by atoms with E-state index < -0.39 is 5.60 Å². The van der Waals surface area contributed by atoms with Crippen LogP contribution < -0.4 is 0 Å². The zero-order chi connectivity index (χ0) is 22.0. The maximum Gasteiger partial charge on any atom is 0.338 e. The number of hydrogen-bond acceptors (Lipinski definition) is 3. The van der Waals surface area contributed by atoms with Crippen molar-refractivity contribution in [1.29, 1.82) is 0 Å². The van der Waals surface area contributed by atoms with Crippen LogP contribution in [-0.2, 0) is 4.74 Å². The number of carbonyl (C=O) groups excluding carboxylic acids is 1. The van der Waals surface area contributed by atoms with Gasteiger partial charge in [0.25, 0.3) is 0 Å². The average Bonchev–Trinajstić information content (AvgIpc) is 2.97. The van der Waals surface area contributed by atoms with E-state index in [4.69, 9.17) is 4.74 Å². The number of carbonyl (C=O) groups is 1. The first kappa shape index (κ1) is 22.2. The first-order chi connectivity index (χ1) is 14.6. The third-order valence-electron chi connectivity index (χ3n) is 10.5. The number of ether oxygens (including phenoxy) is 1. The zero-order valence-corrected chi connectivity index (χ0v) is 21.4. The van der Waals surface area contributed by atoms with Gasteiger partial charge in [0.15, 0.2) is 0 Å². The van der Waals surface area contributed by atoms with Crippen LogP contribution in [-0.4, -0.2) is 22.8 Å². The van der Waals surface area contributed by atoms with Gasteiger partial charge in [-0.1, -0.05) is 19.9 Å². The molecule has 0 aliphatic heterocycles. The van der Waals surface area contributed by atoms with Gasteiger partial charge in [0.1, 0.15) is 6.10 Å². The molecule has 31 heavy (non-hydrogen) atoms. The lowest BCUT2D eigenvalue weighted by atomic mass is 9.44. The second-order valence-corrected chi connectivity index (χ2v) is 13.0. The first-order valence-corrected chi connectivity index (χ1v) is 13.4. The lowest BCUT2D eigenvalue weighted by Gasteiger charge is -2.61. The first-order valence-electron chi connectivity index (χ1n) is 12.3. The molecule has 4 aliphatic carbocycles. The van der Waals surface area contributed by atoms with Gasteiger partial charge in [-0.2, -0.15) is 0 Å². The van der Waals surface area contributed by atoms with Gasteiger partial charge in [-0.05, 0) is 140 Å². The third-order valence-corrected chi connectivity index (χ3v) is 11.2. The third kappa shape index (κ3) is 3.50. The van der Waals surface area contributed by atoms with Crippen molar-refractivity contribution in [3.05, 3.63) is 33.4 Å². The largest absolute Gasteiger partial charge is 0.459 e. The van der Waals surface area contributed by atoms with Crippen LogP contribution in [0.25, 0.3) is 0 Å². The number of aliphatic hydroxyl groups is 1. The van der Waals surface area contributed by atoms with Crippen LogP contribution in [0.5, 0.6) is 0 Å². The number of fused-ring (bicyclic) bond motifs is 5. The highest BCUT2D eigenvalue weighted by Gasteiger charge is 2.63. The van der Waals surface area contributed by atoms with Crippen LogP contribution in [0.4, 0.5) is 0 Å². The molecule has 4 fully saturated rings. The van der Waals surface area contributed by atoms with Crippen molar-refractivity contribution < 1.29 is 14.6 Å². The summed E-state index contributed by atoms with van der Waals surface area (Å²) in [4.78, 5) is 12.7. The molecule has 1 aromatic carbocycles. The number of benzene rings is 1. The Morgan fingerprint density at radius 3 is 2.58 bits per heavy atom. The molecule has 8 atom stereocenters. The molecule has 4 heteroatoms. The molecule has 0 spiro atoms. The molecular formula is C27H37IO3. The Balaban J connectivity index is 1.28.